The van der Waals surface area contributed by atoms with Gasteiger partial charge in [0.05, 0.1) is 9.79 Å². The Bertz CT molecular complexity index is 2010. The minimum Gasteiger partial charge on any atom is -0.218 e. The van der Waals surface area contributed by atoms with E-state index >= 15 is 0 Å². The third-order valence-electron chi connectivity index (χ3n) is 7.56. The summed E-state index contributed by atoms with van der Waals surface area (Å²) in [6.07, 6.45) is 5.01. The van der Waals surface area contributed by atoms with E-state index in [0.29, 0.717) is 9.79 Å². The van der Waals surface area contributed by atoms with Crippen LogP contribution in [0.2, 0.25) is 0 Å². The molecule has 0 amide bonds. The Balaban J connectivity index is 1.65. The molecule has 6 aromatic rings. The lowest BCUT2D eigenvalue weighted by Crippen LogP contribution is -2.01. The van der Waals surface area contributed by atoms with Gasteiger partial charge in [0.1, 0.15) is 0 Å². The van der Waals surface area contributed by atoms with Crippen LogP contribution in [0.15, 0.2) is 101 Å². The highest BCUT2D eigenvalue weighted by Crippen LogP contribution is 2.53. The van der Waals surface area contributed by atoms with Crippen LogP contribution in [0.3, 0.4) is 0 Å². The van der Waals surface area contributed by atoms with Crippen molar-refractivity contribution in [1.29, 1.82) is 0 Å². The third-order valence-corrected chi connectivity index (χ3v) is 9.43. The number of hydrogen-bond acceptors (Lipinski definition) is 2. The van der Waals surface area contributed by atoms with Crippen molar-refractivity contribution in [3.8, 4) is 11.1 Å². The van der Waals surface area contributed by atoms with E-state index < -0.39 is 9.84 Å². The fraction of sp³-hybridized carbons (Fsp3) is 0.0323. The Labute approximate surface area is 196 Å². The van der Waals surface area contributed by atoms with Crippen LogP contribution < -0.4 is 0 Å². The van der Waals surface area contributed by atoms with Crippen molar-refractivity contribution in [2.45, 2.75) is 16.2 Å². The molecule has 0 bridgehead atoms. The van der Waals surface area contributed by atoms with Gasteiger partial charge in [-0.15, -0.1) is 0 Å². The summed E-state index contributed by atoms with van der Waals surface area (Å²) in [4.78, 5) is 0.903. The quantitative estimate of drug-likeness (QED) is 0.220. The molecular weight excluding hydrogens is 436 g/mol. The summed E-state index contributed by atoms with van der Waals surface area (Å²) in [5.74, 6) is 0. The molecule has 8 rings (SSSR count). The van der Waals surface area contributed by atoms with Crippen molar-refractivity contribution in [3.63, 3.8) is 0 Å². The molecule has 1 aliphatic heterocycles. The Morgan fingerprint density at radius 3 is 2.03 bits per heavy atom. The van der Waals surface area contributed by atoms with E-state index in [1.165, 1.54) is 5.39 Å². The van der Waals surface area contributed by atoms with Gasteiger partial charge in [-0.1, -0.05) is 91.0 Å². The first-order valence-corrected chi connectivity index (χ1v) is 13.0. The van der Waals surface area contributed by atoms with Crippen molar-refractivity contribution < 1.29 is 8.42 Å². The fourth-order valence-corrected chi connectivity index (χ4v) is 8.18. The smallest absolute Gasteiger partial charge is 0.208 e. The van der Waals surface area contributed by atoms with Gasteiger partial charge in [0.2, 0.25) is 9.84 Å². The first-order chi connectivity index (χ1) is 16.6. The van der Waals surface area contributed by atoms with Crippen molar-refractivity contribution in [2.24, 2.45) is 0 Å². The molecule has 2 aliphatic rings. The molecule has 0 atom stereocenters. The van der Waals surface area contributed by atoms with E-state index in [1.807, 2.05) is 42.5 Å². The standard InChI is InChI=1S/C31H18O2S/c32-34(33)27-17-19-9-5-7-18-8-6-14-25(28(18)19)29(27)26-16-15-24-22-12-2-1-10-20(22)21-11-3-4-13-23(21)30(24)31(26)34/h1-8,10-17H,9H2. The lowest BCUT2D eigenvalue weighted by atomic mass is 9.87. The molecule has 0 fully saturated rings. The molecule has 160 valence electrons. The minimum atomic E-state index is -3.69. The molecule has 0 radical (unpaired) electrons. The van der Waals surface area contributed by atoms with E-state index in [1.54, 1.807) is 0 Å². The monoisotopic (exact) mass is 454 g/mol. The second-order valence-electron chi connectivity index (χ2n) is 9.24. The zero-order chi connectivity index (χ0) is 22.6. The molecule has 1 heterocycles. The lowest BCUT2D eigenvalue weighted by Gasteiger charge is -2.16. The maximum absolute atomic E-state index is 14.3. The molecular formula is C31H18O2S. The van der Waals surface area contributed by atoms with E-state index in [4.69, 9.17) is 0 Å². The predicted molar refractivity (Wildman–Crippen MR) is 140 cm³/mol. The Hall–Kier alpha value is -3.95. The molecule has 6 aromatic carbocycles. The average Bonchev–Trinajstić information content (AvgIpc) is 3.11. The molecule has 0 aromatic heterocycles. The van der Waals surface area contributed by atoms with Crippen LogP contribution in [-0.2, 0) is 16.3 Å². The molecule has 0 unspecified atom stereocenters. The number of rotatable bonds is 0. The van der Waals surface area contributed by atoms with Gasteiger partial charge in [-0.2, -0.15) is 0 Å². The highest BCUT2D eigenvalue weighted by Gasteiger charge is 2.37. The second kappa shape index (κ2) is 6.13. The first-order valence-electron chi connectivity index (χ1n) is 11.5. The molecule has 0 saturated heterocycles. The molecule has 0 spiro atoms. The first kappa shape index (κ1) is 18.5. The molecule has 0 N–H and O–H groups in total. The predicted octanol–water partition coefficient (Wildman–Crippen LogP) is 7.68. The summed E-state index contributed by atoms with van der Waals surface area (Å²) in [6.45, 7) is 0. The highest BCUT2D eigenvalue weighted by molar-refractivity contribution is 7.92. The highest BCUT2D eigenvalue weighted by atomic mass is 32.2. The fourth-order valence-electron chi connectivity index (χ4n) is 6.22. The zero-order valence-corrected chi connectivity index (χ0v) is 19.0. The maximum atomic E-state index is 14.3. The SMILES string of the molecule is O=S1(=O)c2cc3c4c(cccc4c2-c2ccc4c5ccccc5c5ccccc5c4c21)C=CC3. The van der Waals surface area contributed by atoms with Crippen molar-refractivity contribution in [1.82, 2.24) is 0 Å². The van der Waals surface area contributed by atoms with Crippen LogP contribution in [0.4, 0.5) is 0 Å². The average molecular weight is 455 g/mol. The Morgan fingerprint density at radius 2 is 1.26 bits per heavy atom. The molecule has 34 heavy (non-hydrogen) atoms. The van der Waals surface area contributed by atoms with E-state index in [2.05, 4.69) is 54.6 Å². The van der Waals surface area contributed by atoms with E-state index in [-0.39, 0.29) is 0 Å². The van der Waals surface area contributed by atoms with Crippen LogP contribution in [0.1, 0.15) is 11.1 Å². The topological polar surface area (TPSA) is 34.1 Å². The number of sulfone groups is 1. The summed E-state index contributed by atoms with van der Waals surface area (Å²) in [7, 11) is -3.69. The van der Waals surface area contributed by atoms with Gasteiger partial charge < -0.3 is 0 Å². The van der Waals surface area contributed by atoms with E-state index in [9.17, 15) is 8.42 Å². The van der Waals surface area contributed by atoms with Crippen molar-refractivity contribution in [2.75, 3.05) is 0 Å². The number of allylic oxidation sites excluding steroid dienone is 1. The molecule has 2 nitrogen and oxygen atoms in total. The van der Waals surface area contributed by atoms with Crippen LogP contribution in [0.25, 0.3) is 60.3 Å². The lowest BCUT2D eigenvalue weighted by molar-refractivity contribution is 0.599. The van der Waals surface area contributed by atoms with E-state index in [0.717, 1.165) is 66.4 Å². The third kappa shape index (κ3) is 2.09. The Morgan fingerprint density at radius 1 is 0.618 bits per heavy atom. The molecule has 1 aliphatic carbocycles. The Kier molecular flexibility index (Phi) is 3.33. The number of fused-ring (bicyclic) bond motifs is 11. The van der Waals surface area contributed by atoms with Gasteiger partial charge in [-0.25, -0.2) is 8.42 Å². The largest absolute Gasteiger partial charge is 0.218 e. The van der Waals surface area contributed by atoms with Gasteiger partial charge in [0.25, 0.3) is 0 Å². The maximum Gasteiger partial charge on any atom is 0.208 e. The summed E-state index contributed by atoms with van der Waals surface area (Å²) >= 11 is 0. The van der Waals surface area contributed by atoms with Crippen LogP contribution in [0, 0.1) is 0 Å². The summed E-state index contributed by atoms with van der Waals surface area (Å²) in [6, 6.07) is 28.7. The number of hydrogen-bond donors (Lipinski definition) is 0. The summed E-state index contributed by atoms with van der Waals surface area (Å²) in [5.41, 5.74) is 3.92. The summed E-state index contributed by atoms with van der Waals surface area (Å²) < 4.78 is 28.5. The van der Waals surface area contributed by atoms with Crippen LogP contribution in [-0.4, -0.2) is 8.42 Å². The minimum absolute atomic E-state index is 0.446. The van der Waals surface area contributed by atoms with Gasteiger partial charge >= 0.3 is 0 Å². The van der Waals surface area contributed by atoms with Crippen LogP contribution in [0.5, 0.6) is 0 Å². The van der Waals surface area contributed by atoms with Gasteiger partial charge in [0.15, 0.2) is 0 Å². The van der Waals surface area contributed by atoms with Crippen LogP contribution >= 0.6 is 0 Å². The zero-order valence-electron chi connectivity index (χ0n) is 18.2. The number of benzene rings is 6. The molecule has 3 heteroatoms. The van der Waals surface area contributed by atoms with Gasteiger partial charge in [-0.05, 0) is 61.3 Å². The van der Waals surface area contributed by atoms with Gasteiger partial charge in [0, 0.05) is 16.5 Å². The van der Waals surface area contributed by atoms with Crippen molar-refractivity contribution in [3.05, 3.63) is 102 Å². The van der Waals surface area contributed by atoms with Gasteiger partial charge in [-0.3, -0.25) is 0 Å². The van der Waals surface area contributed by atoms with Crippen molar-refractivity contribution >= 4 is 59.0 Å². The summed E-state index contributed by atoms with van der Waals surface area (Å²) in [5, 5.41) is 8.33. The second-order valence-corrected chi connectivity index (χ2v) is 11.1. The molecule has 0 saturated carbocycles. The normalized spacial score (nSPS) is 15.3.